The maximum atomic E-state index is 11.8. The van der Waals surface area contributed by atoms with Crippen LogP contribution in [-0.4, -0.2) is 24.2 Å². The normalized spacial score (nSPS) is 11.1. The molecule has 2 amide bonds. The first kappa shape index (κ1) is 24.0. The number of hydrogen-bond donors (Lipinski definition) is 2. The zero-order chi connectivity index (χ0) is 21.6. The Balaban J connectivity index is 1.49. The van der Waals surface area contributed by atoms with Crippen LogP contribution in [0.5, 0.6) is 0 Å². The van der Waals surface area contributed by atoms with Crippen LogP contribution in [0, 0.1) is 0 Å². The van der Waals surface area contributed by atoms with Gasteiger partial charge >= 0.3 is 0 Å². The fourth-order valence-electron chi connectivity index (χ4n) is 2.49. The van der Waals surface area contributed by atoms with E-state index >= 15 is 0 Å². The van der Waals surface area contributed by atoms with Crippen molar-refractivity contribution in [3.8, 4) is 0 Å². The molecule has 0 aliphatic carbocycles. The second-order valence-electron chi connectivity index (χ2n) is 6.60. The number of nitrogens with one attached hydrogen (secondary N) is 2. The summed E-state index contributed by atoms with van der Waals surface area (Å²) in [6.45, 7) is 0. The van der Waals surface area contributed by atoms with Crippen molar-refractivity contribution in [1.82, 2.24) is 10.9 Å². The highest BCUT2D eigenvalue weighted by Crippen LogP contribution is 2.10. The molecule has 0 fully saturated rings. The highest BCUT2D eigenvalue weighted by molar-refractivity contribution is 9.10. The fourth-order valence-corrected chi connectivity index (χ4v) is 3.02. The molecule has 0 spiro atoms. The Morgan fingerprint density at radius 3 is 1.40 bits per heavy atom. The molecule has 0 saturated carbocycles. The van der Waals surface area contributed by atoms with Crippen LogP contribution < -0.4 is 10.9 Å². The van der Waals surface area contributed by atoms with Crippen molar-refractivity contribution in [2.45, 2.75) is 38.5 Å². The summed E-state index contributed by atoms with van der Waals surface area (Å²) in [6, 6.07) is 15.3. The average Bonchev–Trinajstić information content (AvgIpc) is 2.73. The fraction of sp³-hybridized carbons (Fsp3) is 0.273. The number of hydrogen-bond acceptors (Lipinski definition) is 4. The smallest absolute Gasteiger partial charge is 0.240 e. The number of benzene rings is 2. The molecule has 0 aliphatic rings. The van der Waals surface area contributed by atoms with Gasteiger partial charge in [0.25, 0.3) is 0 Å². The summed E-state index contributed by atoms with van der Waals surface area (Å²) in [7, 11) is 0. The van der Waals surface area contributed by atoms with Crippen LogP contribution >= 0.6 is 31.9 Å². The van der Waals surface area contributed by atoms with Crippen LogP contribution in [0.2, 0.25) is 0 Å². The van der Waals surface area contributed by atoms with Gasteiger partial charge in [0.2, 0.25) is 11.8 Å². The van der Waals surface area contributed by atoms with Gasteiger partial charge in [-0.2, -0.15) is 10.2 Å². The predicted octanol–water partition coefficient (Wildman–Crippen LogP) is 5.15. The number of rotatable bonds is 11. The summed E-state index contributed by atoms with van der Waals surface area (Å²) in [6.07, 6.45) is 7.37. The van der Waals surface area contributed by atoms with Crippen molar-refractivity contribution in [2.24, 2.45) is 10.2 Å². The number of unbranched alkanes of at least 4 members (excludes halogenated alkanes) is 3. The maximum Gasteiger partial charge on any atom is 0.240 e. The second-order valence-corrected chi connectivity index (χ2v) is 8.44. The zero-order valence-corrected chi connectivity index (χ0v) is 19.7. The average molecular weight is 536 g/mol. The lowest BCUT2D eigenvalue weighted by atomic mass is 10.1. The second kappa shape index (κ2) is 13.8. The molecule has 0 aromatic heterocycles. The van der Waals surface area contributed by atoms with Crippen LogP contribution in [0.4, 0.5) is 0 Å². The molecule has 0 radical (unpaired) electrons. The SMILES string of the molecule is O=C(CCCCCCC(=O)N/N=C/c1ccc(Br)cc1)N/N=C/c1ccc(Br)cc1. The van der Waals surface area contributed by atoms with E-state index in [1.165, 1.54) is 0 Å². The van der Waals surface area contributed by atoms with Gasteiger partial charge in [-0.05, 0) is 48.2 Å². The number of nitrogens with zero attached hydrogens (tertiary/aromatic N) is 2. The number of halogens is 2. The molecule has 6 nitrogen and oxygen atoms in total. The van der Waals surface area contributed by atoms with E-state index in [1.54, 1.807) is 12.4 Å². The van der Waals surface area contributed by atoms with Crippen LogP contribution in [0.1, 0.15) is 49.7 Å². The minimum absolute atomic E-state index is 0.108. The summed E-state index contributed by atoms with van der Waals surface area (Å²) in [5.74, 6) is -0.216. The number of amides is 2. The van der Waals surface area contributed by atoms with Crippen molar-refractivity contribution in [2.75, 3.05) is 0 Å². The van der Waals surface area contributed by atoms with E-state index in [1.807, 2.05) is 48.5 Å². The van der Waals surface area contributed by atoms with E-state index in [0.29, 0.717) is 12.8 Å². The maximum absolute atomic E-state index is 11.8. The third-order valence-electron chi connectivity index (χ3n) is 4.10. The Hall–Kier alpha value is -2.32. The van der Waals surface area contributed by atoms with Gasteiger partial charge in [0.15, 0.2) is 0 Å². The Bertz CT molecular complexity index is 792. The lowest BCUT2D eigenvalue weighted by molar-refractivity contribution is -0.122. The Labute approximate surface area is 193 Å². The van der Waals surface area contributed by atoms with E-state index in [9.17, 15) is 9.59 Å². The molecular weight excluding hydrogens is 512 g/mol. The van der Waals surface area contributed by atoms with E-state index in [2.05, 4.69) is 52.9 Å². The minimum Gasteiger partial charge on any atom is -0.273 e. The number of hydrazone groups is 2. The minimum atomic E-state index is -0.108. The van der Waals surface area contributed by atoms with Gasteiger partial charge in [0.1, 0.15) is 0 Å². The molecule has 158 valence electrons. The molecule has 0 heterocycles. The topological polar surface area (TPSA) is 82.9 Å². The molecule has 2 N–H and O–H groups in total. The summed E-state index contributed by atoms with van der Waals surface area (Å²) in [4.78, 5) is 23.5. The summed E-state index contributed by atoms with van der Waals surface area (Å²) in [5, 5.41) is 7.91. The van der Waals surface area contributed by atoms with Crippen molar-refractivity contribution < 1.29 is 9.59 Å². The predicted molar refractivity (Wildman–Crippen MR) is 127 cm³/mol. The standard InChI is InChI=1S/C22H24Br2N4O2/c23-19-11-7-17(8-12-19)15-25-27-21(29)5-3-1-2-4-6-22(30)28-26-16-18-9-13-20(24)14-10-18/h7-16H,1-6H2,(H,27,29)(H,28,30)/b25-15+,26-16+. The van der Waals surface area contributed by atoms with Gasteiger partial charge in [-0.3, -0.25) is 9.59 Å². The van der Waals surface area contributed by atoms with Crippen LogP contribution in [0.3, 0.4) is 0 Å². The van der Waals surface area contributed by atoms with Crippen molar-refractivity contribution in [3.05, 3.63) is 68.6 Å². The molecule has 8 heteroatoms. The molecule has 0 saturated heterocycles. The molecular formula is C22H24Br2N4O2. The first-order valence-electron chi connectivity index (χ1n) is 9.68. The van der Waals surface area contributed by atoms with Crippen LogP contribution in [0.15, 0.2) is 67.7 Å². The van der Waals surface area contributed by atoms with E-state index in [-0.39, 0.29) is 11.8 Å². The van der Waals surface area contributed by atoms with Gasteiger partial charge in [0.05, 0.1) is 12.4 Å². The van der Waals surface area contributed by atoms with Crippen LogP contribution in [0.25, 0.3) is 0 Å². The molecule has 30 heavy (non-hydrogen) atoms. The van der Waals surface area contributed by atoms with Crippen LogP contribution in [-0.2, 0) is 9.59 Å². The first-order valence-corrected chi connectivity index (χ1v) is 11.3. The summed E-state index contributed by atoms with van der Waals surface area (Å²) >= 11 is 6.74. The molecule has 2 aromatic carbocycles. The molecule has 0 atom stereocenters. The van der Waals surface area contributed by atoms with E-state index < -0.39 is 0 Å². The molecule has 0 unspecified atom stereocenters. The monoisotopic (exact) mass is 534 g/mol. The molecule has 0 aliphatic heterocycles. The lowest BCUT2D eigenvalue weighted by Crippen LogP contribution is -2.17. The zero-order valence-electron chi connectivity index (χ0n) is 16.5. The highest BCUT2D eigenvalue weighted by atomic mass is 79.9. The molecule has 2 rings (SSSR count). The van der Waals surface area contributed by atoms with Gasteiger partial charge in [-0.1, -0.05) is 69.0 Å². The largest absolute Gasteiger partial charge is 0.273 e. The van der Waals surface area contributed by atoms with Crippen molar-refractivity contribution >= 4 is 56.1 Å². The first-order chi connectivity index (χ1) is 14.5. The van der Waals surface area contributed by atoms with Gasteiger partial charge in [-0.25, -0.2) is 10.9 Å². The number of carbonyl (C=O) groups is 2. The Morgan fingerprint density at radius 2 is 1.03 bits per heavy atom. The third kappa shape index (κ3) is 10.5. The van der Waals surface area contributed by atoms with E-state index in [0.717, 1.165) is 45.8 Å². The quantitative estimate of drug-likeness (QED) is 0.237. The summed E-state index contributed by atoms with van der Waals surface area (Å²) in [5.41, 5.74) is 6.89. The van der Waals surface area contributed by atoms with Crippen molar-refractivity contribution in [3.63, 3.8) is 0 Å². The van der Waals surface area contributed by atoms with Gasteiger partial charge < -0.3 is 0 Å². The molecule has 0 bridgehead atoms. The summed E-state index contributed by atoms with van der Waals surface area (Å²) < 4.78 is 1.99. The van der Waals surface area contributed by atoms with E-state index in [4.69, 9.17) is 0 Å². The lowest BCUT2D eigenvalue weighted by Gasteiger charge is -2.02. The Kier molecular flexibility index (Phi) is 11.0. The number of carbonyl (C=O) groups excluding carboxylic acids is 2. The Morgan fingerprint density at radius 1 is 0.667 bits per heavy atom. The van der Waals surface area contributed by atoms with Gasteiger partial charge in [-0.15, -0.1) is 0 Å². The highest BCUT2D eigenvalue weighted by Gasteiger charge is 2.02. The van der Waals surface area contributed by atoms with Gasteiger partial charge in [0, 0.05) is 21.8 Å². The van der Waals surface area contributed by atoms with Crippen molar-refractivity contribution in [1.29, 1.82) is 0 Å². The third-order valence-corrected chi connectivity index (χ3v) is 5.16. The molecule has 2 aromatic rings.